The summed E-state index contributed by atoms with van der Waals surface area (Å²) >= 11 is 5.59. The fourth-order valence-electron chi connectivity index (χ4n) is 1.58. The van der Waals surface area contributed by atoms with E-state index in [0.29, 0.717) is 5.69 Å². The molecule has 0 unspecified atom stereocenters. The maximum Gasteiger partial charge on any atom is 0.269 e. The molecule has 0 aliphatic heterocycles. The molecule has 8 heteroatoms. The van der Waals surface area contributed by atoms with E-state index in [1.807, 2.05) is 0 Å². The van der Waals surface area contributed by atoms with Crippen molar-refractivity contribution in [3.05, 3.63) is 63.4 Å². The number of nitro groups is 1. The van der Waals surface area contributed by atoms with Gasteiger partial charge in [0.05, 0.1) is 9.95 Å². The van der Waals surface area contributed by atoms with E-state index in [-0.39, 0.29) is 23.1 Å². The quantitative estimate of drug-likeness (QED) is 0.675. The third kappa shape index (κ3) is 4.16. The molecule has 0 saturated heterocycles. The van der Waals surface area contributed by atoms with Gasteiger partial charge in [0.1, 0.15) is 11.6 Å². The van der Waals surface area contributed by atoms with E-state index >= 15 is 0 Å². The number of non-ortho nitro benzene ring substituents is 1. The predicted octanol–water partition coefficient (Wildman–Crippen LogP) is 3.40. The highest BCUT2D eigenvalue weighted by molar-refractivity contribution is 6.30. The monoisotopic (exact) mass is 324 g/mol. The lowest BCUT2D eigenvalue weighted by Gasteiger charge is -2.08. The molecule has 0 saturated carbocycles. The molecule has 1 amide bonds. The normalized spacial score (nSPS) is 10.1. The number of halogens is 2. The van der Waals surface area contributed by atoms with Crippen molar-refractivity contribution in [2.24, 2.45) is 0 Å². The summed E-state index contributed by atoms with van der Waals surface area (Å²) in [5.74, 6) is -0.788. The van der Waals surface area contributed by atoms with Gasteiger partial charge in [0.2, 0.25) is 0 Å². The van der Waals surface area contributed by atoms with Crippen LogP contribution in [0, 0.1) is 15.9 Å². The lowest BCUT2D eigenvalue weighted by atomic mass is 10.3. The zero-order chi connectivity index (χ0) is 16.1. The molecule has 0 aromatic heterocycles. The summed E-state index contributed by atoms with van der Waals surface area (Å²) in [6, 6.07) is 9.10. The van der Waals surface area contributed by atoms with Gasteiger partial charge in [-0.2, -0.15) is 0 Å². The number of ether oxygens (including phenoxy) is 1. The minimum Gasteiger partial charge on any atom is -0.484 e. The van der Waals surface area contributed by atoms with Crippen molar-refractivity contribution in [1.29, 1.82) is 0 Å². The summed E-state index contributed by atoms with van der Waals surface area (Å²) in [6.45, 7) is -0.307. The maximum atomic E-state index is 13.0. The number of nitrogens with one attached hydrogen (secondary N) is 1. The second-order valence-electron chi connectivity index (χ2n) is 4.22. The van der Waals surface area contributed by atoms with Crippen molar-refractivity contribution in [1.82, 2.24) is 0 Å². The Morgan fingerprint density at radius 3 is 2.55 bits per heavy atom. The van der Waals surface area contributed by atoms with Gasteiger partial charge in [0.25, 0.3) is 11.6 Å². The van der Waals surface area contributed by atoms with Crippen molar-refractivity contribution in [3.63, 3.8) is 0 Å². The third-order valence-electron chi connectivity index (χ3n) is 2.62. The van der Waals surface area contributed by atoms with Crippen molar-refractivity contribution in [2.75, 3.05) is 11.9 Å². The van der Waals surface area contributed by atoms with Gasteiger partial charge >= 0.3 is 0 Å². The van der Waals surface area contributed by atoms with Gasteiger partial charge in [-0.25, -0.2) is 4.39 Å². The fraction of sp³-hybridized carbons (Fsp3) is 0.0714. The molecular formula is C14H10ClFN2O4. The Labute approximate surface area is 129 Å². The fourth-order valence-corrected chi connectivity index (χ4v) is 1.75. The summed E-state index contributed by atoms with van der Waals surface area (Å²) in [4.78, 5) is 21.7. The van der Waals surface area contributed by atoms with E-state index in [4.69, 9.17) is 16.3 Å². The number of carbonyl (C=O) groups is 1. The Hall–Kier alpha value is -2.67. The molecule has 2 aromatic rings. The van der Waals surface area contributed by atoms with Crippen LogP contribution >= 0.6 is 11.6 Å². The SMILES string of the molecule is O=C(COc1ccc(F)c(Cl)c1)Nc1ccc([N+](=O)[O-])cc1. The second kappa shape index (κ2) is 6.86. The first kappa shape index (κ1) is 15.7. The molecule has 0 fully saturated rings. The van der Waals surface area contributed by atoms with E-state index in [0.717, 1.165) is 6.07 Å². The van der Waals surface area contributed by atoms with Crippen LogP contribution in [-0.4, -0.2) is 17.4 Å². The molecule has 114 valence electrons. The summed E-state index contributed by atoms with van der Waals surface area (Å²) in [5, 5.41) is 12.9. The van der Waals surface area contributed by atoms with Crippen LogP contribution in [0.25, 0.3) is 0 Å². The molecule has 0 aliphatic carbocycles. The number of anilines is 1. The molecule has 2 rings (SSSR count). The van der Waals surface area contributed by atoms with Gasteiger partial charge in [-0.1, -0.05) is 11.6 Å². The minimum absolute atomic E-state index is 0.0739. The van der Waals surface area contributed by atoms with Gasteiger partial charge < -0.3 is 10.1 Å². The van der Waals surface area contributed by atoms with E-state index < -0.39 is 16.6 Å². The molecule has 6 nitrogen and oxygen atoms in total. The largest absolute Gasteiger partial charge is 0.484 e. The Balaban J connectivity index is 1.89. The lowest BCUT2D eigenvalue weighted by Crippen LogP contribution is -2.20. The molecule has 1 N–H and O–H groups in total. The van der Waals surface area contributed by atoms with E-state index in [9.17, 15) is 19.3 Å². The molecular weight excluding hydrogens is 315 g/mol. The number of hydrogen-bond acceptors (Lipinski definition) is 4. The first-order valence-corrected chi connectivity index (χ1v) is 6.45. The summed E-state index contributed by atoms with van der Waals surface area (Å²) in [6.07, 6.45) is 0. The zero-order valence-corrected chi connectivity index (χ0v) is 11.8. The van der Waals surface area contributed by atoms with Crippen LogP contribution in [0.4, 0.5) is 15.8 Å². The van der Waals surface area contributed by atoms with Crippen LogP contribution in [-0.2, 0) is 4.79 Å². The molecule has 2 aromatic carbocycles. The number of nitro benzene ring substituents is 1. The first-order valence-electron chi connectivity index (χ1n) is 6.08. The van der Waals surface area contributed by atoms with Crippen LogP contribution in [0.1, 0.15) is 0 Å². The number of carbonyl (C=O) groups excluding carboxylic acids is 1. The Kier molecular flexibility index (Phi) is 4.90. The molecule has 0 heterocycles. The van der Waals surface area contributed by atoms with Crippen molar-refractivity contribution < 1.29 is 18.8 Å². The van der Waals surface area contributed by atoms with Gasteiger partial charge in [0, 0.05) is 23.9 Å². The van der Waals surface area contributed by atoms with Gasteiger partial charge in [-0.15, -0.1) is 0 Å². The third-order valence-corrected chi connectivity index (χ3v) is 2.91. The number of amides is 1. The van der Waals surface area contributed by atoms with Crippen molar-refractivity contribution >= 4 is 28.9 Å². The van der Waals surface area contributed by atoms with Crippen LogP contribution in [0.5, 0.6) is 5.75 Å². The maximum absolute atomic E-state index is 13.0. The summed E-state index contributed by atoms with van der Waals surface area (Å²) < 4.78 is 18.1. The standard InChI is InChI=1S/C14H10ClFN2O4/c15-12-7-11(5-6-13(12)16)22-8-14(19)17-9-1-3-10(4-2-9)18(20)21/h1-7H,8H2,(H,17,19). The van der Waals surface area contributed by atoms with Crippen LogP contribution < -0.4 is 10.1 Å². The van der Waals surface area contributed by atoms with Crippen LogP contribution in [0.3, 0.4) is 0 Å². The molecule has 0 radical (unpaired) electrons. The van der Waals surface area contributed by atoms with Gasteiger partial charge in [0.15, 0.2) is 6.61 Å². The van der Waals surface area contributed by atoms with Gasteiger partial charge in [-0.05, 0) is 24.3 Å². The van der Waals surface area contributed by atoms with E-state index in [1.54, 1.807) is 0 Å². The smallest absolute Gasteiger partial charge is 0.269 e. The average Bonchev–Trinajstić information content (AvgIpc) is 2.49. The highest BCUT2D eigenvalue weighted by Gasteiger charge is 2.08. The Morgan fingerprint density at radius 1 is 1.27 bits per heavy atom. The average molecular weight is 325 g/mol. The van der Waals surface area contributed by atoms with E-state index in [2.05, 4.69) is 5.32 Å². The van der Waals surface area contributed by atoms with Gasteiger partial charge in [-0.3, -0.25) is 14.9 Å². The number of nitrogens with zero attached hydrogens (tertiary/aromatic N) is 1. The number of rotatable bonds is 5. The lowest BCUT2D eigenvalue weighted by molar-refractivity contribution is -0.384. The minimum atomic E-state index is -0.579. The zero-order valence-electron chi connectivity index (χ0n) is 11.1. The van der Waals surface area contributed by atoms with Crippen molar-refractivity contribution in [3.8, 4) is 5.75 Å². The van der Waals surface area contributed by atoms with Crippen LogP contribution in [0.2, 0.25) is 5.02 Å². The molecule has 0 atom stereocenters. The first-order chi connectivity index (χ1) is 10.5. The van der Waals surface area contributed by atoms with E-state index in [1.165, 1.54) is 36.4 Å². The highest BCUT2D eigenvalue weighted by atomic mass is 35.5. The topological polar surface area (TPSA) is 81.5 Å². The number of benzene rings is 2. The van der Waals surface area contributed by atoms with Crippen LogP contribution in [0.15, 0.2) is 42.5 Å². The van der Waals surface area contributed by atoms with Crippen molar-refractivity contribution in [2.45, 2.75) is 0 Å². The highest BCUT2D eigenvalue weighted by Crippen LogP contribution is 2.21. The predicted molar refractivity (Wildman–Crippen MR) is 78.6 cm³/mol. The second-order valence-corrected chi connectivity index (χ2v) is 4.62. The Morgan fingerprint density at radius 2 is 1.95 bits per heavy atom. The summed E-state index contributed by atoms with van der Waals surface area (Å²) in [5.41, 5.74) is 0.326. The molecule has 0 bridgehead atoms. The molecule has 0 aliphatic rings. The molecule has 0 spiro atoms. The summed E-state index contributed by atoms with van der Waals surface area (Å²) in [7, 11) is 0. The number of hydrogen-bond donors (Lipinski definition) is 1. The Bertz CT molecular complexity index is 706. The molecule has 22 heavy (non-hydrogen) atoms.